The first kappa shape index (κ1) is 13.5. The molecule has 3 heteroatoms. The molecule has 0 radical (unpaired) electrons. The SMILES string of the molecule is Cc1cc(F)ccc1CCNCCC1CCCO1. The van der Waals surface area contributed by atoms with E-state index in [1.807, 2.05) is 13.0 Å². The first-order valence-electron chi connectivity index (χ1n) is 6.83. The molecule has 0 spiro atoms. The second kappa shape index (κ2) is 6.86. The highest BCUT2D eigenvalue weighted by Gasteiger charge is 2.14. The predicted molar refractivity (Wildman–Crippen MR) is 71.3 cm³/mol. The standard InChI is InChI=1S/C15H22FNO/c1-12-11-14(16)5-4-13(12)6-8-17-9-7-15-3-2-10-18-15/h4-5,11,15,17H,2-3,6-10H2,1H3. The van der Waals surface area contributed by atoms with Gasteiger partial charge in [-0.2, -0.15) is 0 Å². The Balaban J connectivity index is 1.62. The van der Waals surface area contributed by atoms with Gasteiger partial charge < -0.3 is 10.1 Å². The lowest BCUT2D eigenvalue weighted by Crippen LogP contribution is -2.22. The first-order chi connectivity index (χ1) is 8.75. The lowest BCUT2D eigenvalue weighted by atomic mass is 10.1. The number of aryl methyl sites for hydroxylation is 1. The third-order valence-corrected chi connectivity index (χ3v) is 3.54. The van der Waals surface area contributed by atoms with E-state index < -0.39 is 0 Å². The molecule has 1 atom stereocenters. The van der Waals surface area contributed by atoms with Crippen molar-refractivity contribution < 1.29 is 9.13 Å². The largest absolute Gasteiger partial charge is 0.378 e. The number of rotatable bonds is 6. The van der Waals surface area contributed by atoms with Gasteiger partial charge in [-0.15, -0.1) is 0 Å². The maximum Gasteiger partial charge on any atom is 0.123 e. The van der Waals surface area contributed by atoms with Crippen molar-refractivity contribution >= 4 is 0 Å². The van der Waals surface area contributed by atoms with Crippen LogP contribution in [0.2, 0.25) is 0 Å². The van der Waals surface area contributed by atoms with Crippen molar-refractivity contribution in [1.29, 1.82) is 0 Å². The van der Waals surface area contributed by atoms with Crippen molar-refractivity contribution in [1.82, 2.24) is 5.32 Å². The number of ether oxygens (including phenoxy) is 1. The molecular weight excluding hydrogens is 229 g/mol. The van der Waals surface area contributed by atoms with Crippen LogP contribution in [-0.4, -0.2) is 25.8 Å². The molecule has 1 unspecified atom stereocenters. The smallest absolute Gasteiger partial charge is 0.123 e. The molecule has 100 valence electrons. The van der Waals surface area contributed by atoms with Gasteiger partial charge in [-0.05, 0) is 69.0 Å². The maximum absolute atomic E-state index is 12.9. The van der Waals surface area contributed by atoms with Gasteiger partial charge in [0.15, 0.2) is 0 Å². The van der Waals surface area contributed by atoms with Crippen LogP contribution in [0.1, 0.15) is 30.4 Å². The van der Waals surface area contributed by atoms with Gasteiger partial charge in [-0.3, -0.25) is 0 Å². The second-order valence-electron chi connectivity index (χ2n) is 4.99. The highest BCUT2D eigenvalue weighted by atomic mass is 19.1. The summed E-state index contributed by atoms with van der Waals surface area (Å²) in [6, 6.07) is 5.02. The zero-order valence-electron chi connectivity index (χ0n) is 11.0. The number of hydrogen-bond donors (Lipinski definition) is 1. The summed E-state index contributed by atoms with van der Waals surface area (Å²) in [5, 5.41) is 3.43. The van der Waals surface area contributed by atoms with Crippen molar-refractivity contribution in [2.75, 3.05) is 19.7 Å². The molecule has 1 fully saturated rings. The topological polar surface area (TPSA) is 21.3 Å². The van der Waals surface area contributed by atoms with Gasteiger partial charge in [0.25, 0.3) is 0 Å². The van der Waals surface area contributed by atoms with Crippen LogP contribution < -0.4 is 5.32 Å². The van der Waals surface area contributed by atoms with Gasteiger partial charge in [0.1, 0.15) is 5.82 Å². The average molecular weight is 251 g/mol. The van der Waals surface area contributed by atoms with Crippen LogP contribution in [0.3, 0.4) is 0 Å². The summed E-state index contributed by atoms with van der Waals surface area (Å²) < 4.78 is 18.5. The third-order valence-electron chi connectivity index (χ3n) is 3.54. The number of benzene rings is 1. The monoisotopic (exact) mass is 251 g/mol. The van der Waals surface area contributed by atoms with Crippen LogP contribution in [0.4, 0.5) is 4.39 Å². The van der Waals surface area contributed by atoms with Crippen molar-refractivity contribution in [3.8, 4) is 0 Å². The molecule has 1 aromatic rings. The van der Waals surface area contributed by atoms with Crippen molar-refractivity contribution in [2.45, 2.75) is 38.7 Å². The zero-order chi connectivity index (χ0) is 12.8. The molecular formula is C15H22FNO. The van der Waals surface area contributed by atoms with Crippen molar-refractivity contribution in [3.05, 3.63) is 35.1 Å². The summed E-state index contributed by atoms with van der Waals surface area (Å²) in [5.74, 6) is -0.150. The van der Waals surface area contributed by atoms with E-state index in [0.717, 1.165) is 38.1 Å². The van der Waals surface area contributed by atoms with Crippen LogP contribution in [0.25, 0.3) is 0 Å². The number of nitrogens with one attached hydrogen (secondary N) is 1. The predicted octanol–water partition coefficient (Wildman–Crippen LogP) is 2.84. The molecule has 0 amide bonds. The Hall–Kier alpha value is -0.930. The Morgan fingerprint density at radius 3 is 3.00 bits per heavy atom. The fourth-order valence-corrected chi connectivity index (χ4v) is 2.42. The average Bonchev–Trinajstić information content (AvgIpc) is 2.84. The minimum absolute atomic E-state index is 0.150. The molecule has 0 bridgehead atoms. The molecule has 1 heterocycles. The van der Waals surface area contributed by atoms with Crippen molar-refractivity contribution in [2.24, 2.45) is 0 Å². The summed E-state index contributed by atoms with van der Waals surface area (Å²) in [6.07, 6.45) is 4.93. The zero-order valence-corrected chi connectivity index (χ0v) is 11.0. The van der Waals surface area contributed by atoms with Crippen LogP contribution in [0.15, 0.2) is 18.2 Å². The minimum atomic E-state index is -0.150. The van der Waals surface area contributed by atoms with E-state index in [4.69, 9.17) is 4.74 Å². The minimum Gasteiger partial charge on any atom is -0.378 e. The van der Waals surface area contributed by atoms with Gasteiger partial charge in [-0.1, -0.05) is 6.07 Å². The maximum atomic E-state index is 12.9. The van der Waals surface area contributed by atoms with Crippen LogP contribution in [0, 0.1) is 12.7 Å². The third kappa shape index (κ3) is 4.07. The highest BCUT2D eigenvalue weighted by molar-refractivity contribution is 5.26. The van der Waals surface area contributed by atoms with E-state index in [0.29, 0.717) is 6.10 Å². The van der Waals surface area contributed by atoms with E-state index in [1.165, 1.54) is 24.5 Å². The summed E-state index contributed by atoms with van der Waals surface area (Å²) in [5.41, 5.74) is 2.26. The lowest BCUT2D eigenvalue weighted by molar-refractivity contribution is 0.104. The molecule has 1 aliphatic rings. The second-order valence-corrected chi connectivity index (χ2v) is 4.99. The fraction of sp³-hybridized carbons (Fsp3) is 0.600. The van der Waals surface area contributed by atoms with Crippen molar-refractivity contribution in [3.63, 3.8) is 0 Å². The first-order valence-corrected chi connectivity index (χ1v) is 6.83. The summed E-state index contributed by atoms with van der Waals surface area (Å²) in [7, 11) is 0. The quantitative estimate of drug-likeness (QED) is 0.785. The highest BCUT2D eigenvalue weighted by Crippen LogP contribution is 2.14. The van der Waals surface area contributed by atoms with Gasteiger partial charge in [0.2, 0.25) is 0 Å². The number of hydrogen-bond acceptors (Lipinski definition) is 2. The molecule has 1 aliphatic heterocycles. The molecule has 2 nitrogen and oxygen atoms in total. The van der Waals surface area contributed by atoms with Crippen LogP contribution in [-0.2, 0) is 11.2 Å². The fourth-order valence-electron chi connectivity index (χ4n) is 2.42. The molecule has 1 saturated heterocycles. The normalized spacial score (nSPS) is 19.3. The van der Waals surface area contributed by atoms with E-state index in [1.54, 1.807) is 6.07 Å². The van der Waals surface area contributed by atoms with E-state index in [2.05, 4.69) is 5.32 Å². The molecule has 0 aromatic heterocycles. The lowest BCUT2D eigenvalue weighted by Gasteiger charge is -2.10. The summed E-state index contributed by atoms with van der Waals surface area (Å²) >= 11 is 0. The molecule has 0 aliphatic carbocycles. The summed E-state index contributed by atoms with van der Waals surface area (Å²) in [4.78, 5) is 0. The van der Waals surface area contributed by atoms with E-state index >= 15 is 0 Å². The van der Waals surface area contributed by atoms with Gasteiger partial charge in [0.05, 0.1) is 6.10 Å². The molecule has 1 aromatic carbocycles. The number of halogens is 1. The van der Waals surface area contributed by atoms with Crippen LogP contribution >= 0.6 is 0 Å². The Morgan fingerprint density at radius 1 is 1.39 bits per heavy atom. The molecule has 1 N–H and O–H groups in total. The molecule has 0 saturated carbocycles. The molecule has 2 rings (SSSR count). The van der Waals surface area contributed by atoms with E-state index in [-0.39, 0.29) is 5.82 Å². The Labute approximate surface area is 109 Å². The molecule has 18 heavy (non-hydrogen) atoms. The summed E-state index contributed by atoms with van der Waals surface area (Å²) in [6.45, 7) is 4.84. The van der Waals surface area contributed by atoms with Crippen LogP contribution in [0.5, 0.6) is 0 Å². The van der Waals surface area contributed by atoms with Gasteiger partial charge >= 0.3 is 0 Å². The Morgan fingerprint density at radius 2 is 2.28 bits per heavy atom. The van der Waals surface area contributed by atoms with Gasteiger partial charge in [0, 0.05) is 6.61 Å². The Bertz CT molecular complexity index is 375. The Kier molecular flexibility index (Phi) is 5.14. The van der Waals surface area contributed by atoms with E-state index in [9.17, 15) is 4.39 Å². The van der Waals surface area contributed by atoms with Gasteiger partial charge in [-0.25, -0.2) is 4.39 Å².